The molecule has 0 aromatic carbocycles. The first-order valence-corrected chi connectivity index (χ1v) is 4.35. The Morgan fingerprint density at radius 3 is 1.79 bits per heavy atom. The van der Waals surface area contributed by atoms with Crippen LogP contribution in [0.15, 0.2) is 0 Å². The van der Waals surface area contributed by atoms with Crippen LogP contribution in [0, 0.1) is 0 Å². The predicted octanol–water partition coefficient (Wildman–Crippen LogP) is -2.07. The molecule has 0 saturated heterocycles. The molecular weight excluding hydrogens is 204 g/mol. The number of carbonyl (C=O) groups excluding carboxylic acids is 2. The van der Waals surface area contributed by atoms with E-state index in [4.69, 9.17) is 29.4 Å². The van der Waals surface area contributed by atoms with Gasteiger partial charge >= 0.3 is 0 Å². The highest BCUT2D eigenvalue weighted by Gasteiger charge is 2.19. The van der Waals surface area contributed by atoms with Gasteiger partial charge in [0.15, 0.2) is 0 Å². The van der Waals surface area contributed by atoms with Crippen molar-refractivity contribution in [3.63, 3.8) is 0 Å². The van der Waals surface area contributed by atoms with Gasteiger partial charge in [0.05, 0.1) is 24.1 Å². The molecule has 0 aromatic heterocycles. The Bertz CT molecular complexity index is 240. The van der Waals surface area contributed by atoms with Crippen molar-refractivity contribution in [3.8, 4) is 0 Å². The van der Waals surface area contributed by atoms with E-state index in [1.807, 2.05) is 0 Å². The molecule has 14 heavy (non-hydrogen) atoms. The molecule has 2 amide bonds. The number of nitrogens with zero attached hydrogens (tertiary/aromatic N) is 1. The summed E-state index contributed by atoms with van der Waals surface area (Å²) in [4.78, 5) is 22.9. The molecule has 7 heteroatoms. The molecule has 6 nitrogen and oxygen atoms in total. The van der Waals surface area contributed by atoms with Gasteiger partial charge in [-0.15, -0.1) is 0 Å². The van der Waals surface area contributed by atoms with Crippen molar-refractivity contribution in [3.05, 3.63) is 0 Å². The second kappa shape index (κ2) is 5.51. The van der Waals surface area contributed by atoms with Crippen LogP contribution in [0.3, 0.4) is 0 Å². The van der Waals surface area contributed by atoms with Crippen LogP contribution >= 0.6 is 12.2 Å². The summed E-state index contributed by atoms with van der Waals surface area (Å²) in [5.41, 5.74) is 15.4. The molecule has 0 heterocycles. The number of amides is 2. The van der Waals surface area contributed by atoms with E-state index in [-0.39, 0.29) is 24.1 Å². The Morgan fingerprint density at radius 2 is 1.57 bits per heavy atom. The third-order valence-corrected chi connectivity index (χ3v) is 2.02. The summed E-state index contributed by atoms with van der Waals surface area (Å²) in [7, 11) is 0. The van der Waals surface area contributed by atoms with Crippen molar-refractivity contribution in [2.45, 2.75) is 13.0 Å². The fraction of sp³-hybridized carbons (Fsp3) is 0.571. The molecular formula is C7H14N4O2S. The number of carbonyl (C=O) groups is 2. The minimum Gasteiger partial charge on any atom is -0.392 e. The average Bonchev–Trinajstić information content (AvgIpc) is 1.99. The maximum atomic E-state index is 10.7. The predicted molar refractivity (Wildman–Crippen MR) is 56.2 cm³/mol. The van der Waals surface area contributed by atoms with E-state index in [0.29, 0.717) is 0 Å². The highest BCUT2D eigenvalue weighted by Crippen LogP contribution is 1.98. The van der Waals surface area contributed by atoms with Crippen molar-refractivity contribution < 1.29 is 9.59 Å². The van der Waals surface area contributed by atoms with E-state index in [0.717, 1.165) is 0 Å². The summed E-state index contributed by atoms with van der Waals surface area (Å²) in [6.45, 7) is 1.48. The molecule has 0 fully saturated rings. The van der Waals surface area contributed by atoms with Crippen LogP contribution in [0.2, 0.25) is 0 Å². The number of primary amides is 2. The third kappa shape index (κ3) is 4.73. The zero-order valence-electron chi connectivity index (χ0n) is 7.90. The van der Waals surface area contributed by atoms with Crippen LogP contribution in [0.4, 0.5) is 0 Å². The molecule has 0 aromatic rings. The number of hydrogen-bond acceptors (Lipinski definition) is 4. The smallest absolute Gasteiger partial charge is 0.231 e. The maximum Gasteiger partial charge on any atom is 0.231 e. The monoisotopic (exact) mass is 218 g/mol. The van der Waals surface area contributed by atoms with Gasteiger partial charge < -0.3 is 17.2 Å². The molecule has 0 aliphatic carbocycles. The minimum atomic E-state index is -0.561. The Labute approximate surface area is 87.4 Å². The zero-order valence-corrected chi connectivity index (χ0v) is 8.71. The summed E-state index contributed by atoms with van der Waals surface area (Å²) in [5, 5.41) is 0. The molecule has 80 valence electrons. The molecule has 0 rings (SSSR count). The zero-order chi connectivity index (χ0) is 11.3. The van der Waals surface area contributed by atoms with E-state index < -0.39 is 11.8 Å². The van der Waals surface area contributed by atoms with Gasteiger partial charge in [-0.1, -0.05) is 12.2 Å². The van der Waals surface area contributed by atoms with Gasteiger partial charge in [0.2, 0.25) is 11.8 Å². The molecule has 0 radical (unpaired) electrons. The van der Waals surface area contributed by atoms with Crippen LogP contribution in [0.25, 0.3) is 0 Å². The highest BCUT2D eigenvalue weighted by molar-refractivity contribution is 7.80. The van der Waals surface area contributed by atoms with Crippen LogP contribution in [-0.2, 0) is 9.59 Å². The van der Waals surface area contributed by atoms with Crippen molar-refractivity contribution in [2.75, 3.05) is 13.1 Å². The molecule has 0 bridgehead atoms. The van der Waals surface area contributed by atoms with Gasteiger partial charge in [-0.25, -0.2) is 0 Å². The number of nitrogens with two attached hydrogens (primary N) is 3. The van der Waals surface area contributed by atoms with Gasteiger partial charge in [-0.3, -0.25) is 14.5 Å². The first-order chi connectivity index (χ1) is 6.34. The second-order valence-electron chi connectivity index (χ2n) is 2.92. The van der Waals surface area contributed by atoms with Gasteiger partial charge in [0.25, 0.3) is 0 Å². The van der Waals surface area contributed by atoms with Crippen LogP contribution in [-0.4, -0.2) is 40.8 Å². The van der Waals surface area contributed by atoms with Gasteiger partial charge in [0, 0.05) is 0 Å². The van der Waals surface area contributed by atoms with Crippen LogP contribution in [0.5, 0.6) is 0 Å². The van der Waals surface area contributed by atoms with Crippen LogP contribution < -0.4 is 17.2 Å². The highest BCUT2D eigenvalue weighted by atomic mass is 32.1. The first-order valence-electron chi connectivity index (χ1n) is 3.94. The lowest BCUT2D eigenvalue weighted by molar-refractivity contribution is -0.122. The fourth-order valence-corrected chi connectivity index (χ4v) is 1.06. The Hall–Kier alpha value is -1.21. The maximum absolute atomic E-state index is 10.7. The van der Waals surface area contributed by atoms with E-state index in [1.54, 1.807) is 6.92 Å². The summed E-state index contributed by atoms with van der Waals surface area (Å²) >= 11 is 4.73. The van der Waals surface area contributed by atoms with Crippen molar-refractivity contribution in [2.24, 2.45) is 17.2 Å². The Balaban J connectivity index is 4.45. The minimum absolute atomic E-state index is 0.0958. The average molecular weight is 218 g/mol. The van der Waals surface area contributed by atoms with Crippen LogP contribution in [0.1, 0.15) is 6.92 Å². The molecule has 0 aliphatic rings. The molecule has 1 unspecified atom stereocenters. The van der Waals surface area contributed by atoms with E-state index in [2.05, 4.69) is 0 Å². The Morgan fingerprint density at radius 1 is 1.21 bits per heavy atom. The van der Waals surface area contributed by atoms with E-state index in [1.165, 1.54) is 4.90 Å². The van der Waals surface area contributed by atoms with Gasteiger partial charge in [0.1, 0.15) is 0 Å². The topological polar surface area (TPSA) is 115 Å². The van der Waals surface area contributed by atoms with Gasteiger partial charge in [-0.2, -0.15) is 0 Å². The second-order valence-corrected chi connectivity index (χ2v) is 3.39. The molecule has 6 N–H and O–H groups in total. The SMILES string of the molecule is CC(C(N)=S)N(CC(N)=O)CC(N)=O. The summed E-state index contributed by atoms with van der Waals surface area (Å²) in [6.07, 6.45) is 0. The lowest BCUT2D eigenvalue weighted by Crippen LogP contribution is -2.49. The number of thiocarbonyl (C=S) groups is 1. The van der Waals surface area contributed by atoms with Crippen molar-refractivity contribution in [1.29, 1.82) is 0 Å². The van der Waals surface area contributed by atoms with Crippen molar-refractivity contribution in [1.82, 2.24) is 4.90 Å². The van der Waals surface area contributed by atoms with E-state index >= 15 is 0 Å². The van der Waals surface area contributed by atoms with Crippen molar-refractivity contribution >= 4 is 29.0 Å². The third-order valence-electron chi connectivity index (χ3n) is 1.68. The van der Waals surface area contributed by atoms with Gasteiger partial charge in [-0.05, 0) is 6.92 Å². The molecule has 0 spiro atoms. The lowest BCUT2D eigenvalue weighted by atomic mass is 10.2. The summed E-state index contributed by atoms with van der Waals surface area (Å²) < 4.78 is 0. The molecule has 1 atom stereocenters. The standard InChI is InChI=1S/C7H14N4O2S/c1-4(7(10)14)11(2-5(8)12)3-6(9)13/h4H,2-3H2,1H3,(H2,8,12)(H2,9,13)(H2,10,14). The number of hydrogen-bond donors (Lipinski definition) is 3. The van der Waals surface area contributed by atoms with E-state index in [9.17, 15) is 9.59 Å². The Kier molecular flexibility index (Phi) is 5.03. The summed E-state index contributed by atoms with van der Waals surface area (Å²) in [5.74, 6) is -1.12. The molecule has 0 aliphatic heterocycles. The molecule has 0 saturated carbocycles. The first kappa shape index (κ1) is 12.8. The lowest BCUT2D eigenvalue weighted by Gasteiger charge is -2.25. The fourth-order valence-electron chi connectivity index (χ4n) is 0.910. The largest absolute Gasteiger partial charge is 0.392 e. The number of rotatable bonds is 6. The normalized spacial score (nSPS) is 12.4. The summed E-state index contributed by atoms with van der Waals surface area (Å²) in [6, 6.07) is -0.384. The quantitative estimate of drug-likeness (QED) is 0.443.